The summed E-state index contributed by atoms with van der Waals surface area (Å²) in [5, 5.41) is 3.11. The summed E-state index contributed by atoms with van der Waals surface area (Å²) in [6.45, 7) is 4.78. The third-order valence-corrected chi connectivity index (χ3v) is 7.50. The molecule has 2 amide bonds. The standard InChI is InChI=1S/C26H39N3O4/c1-19-11-13-29(14-12-19)26(32)23-18-28(16-21-10-7-15-33-21)17-22(24(23)30)25(31)27-20-8-5-3-2-4-6-9-20/h17-21H,2-16H2,1H3,(H,27,31)/t21-/m1/s1. The second kappa shape index (κ2) is 11.3. The highest BCUT2D eigenvalue weighted by atomic mass is 16.5. The van der Waals surface area contributed by atoms with E-state index in [2.05, 4.69) is 12.2 Å². The Morgan fingerprint density at radius 2 is 1.61 bits per heavy atom. The second-order valence-corrected chi connectivity index (χ2v) is 10.2. The topological polar surface area (TPSA) is 80.6 Å². The van der Waals surface area contributed by atoms with Crippen LogP contribution in [0.3, 0.4) is 0 Å². The minimum atomic E-state index is -0.453. The first-order chi connectivity index (χ1) is 16.0. The summed E-state index contributed by atoms with van der Waals surface area (Å²) in [5.41, 5.74) is -0.273. The van der Waals surface area contributed by atoms with E-state index in [1.807, 2.05) is 4.57 Å². The number of amides is 2. The maximum Gasteiger partial charge on any atom is 0.259 e. The molecule has 0 aromatic carbocycles. The van der Waals surface area contributed by atoms with Crippen LogP contribution in [0.25, 0.3) is 0 Å². The summed E-state index contributed by atoms with van der Waals surface area (Å²) < 4.78 is 7.59. The van der Waals surface area contributed by atoms with Gasteiger partial charge in [0.2, 0.25) is 5.43 Å². The van der Waals surface area contributed by atoms with E-state index in [1.54, 1.807) is 17.3 Å². The molecule has 0 radical (unpaired) electrons. The Balaban J connectivity index is 1.58. The first-order valence-corrected chi connectivity index (χ1v) is 13.0. The smallest absolute Gasteiger partial charge is 0.259 e. The Labute approximate surface area is 196 Å². The van der Waals surface area contributed by atoms with Crippen molar-refractivity contribution in [3.05, 3.63) is 33.7 Å². The summed E-state index contributed by atoms with van der Waals surface area (Å²) in [5.74, 6) is -0.0201. The molecule has 1 saturated carbocycles. The van der Waals surface area contributed by atoms with Gasteiger partial charge in [-0.05, 0) is 44.4 Å². The van der Waals surface area contributed by atoms with E-state index in [0.29, 0.717) is 25.6 Å². The molecule has 1 aromatic heterocycles. The first kappa shape index (κ1) is 24.0. The minimum absolute atomic E-state index is 0.0489. The maximum atomic E-state index is 13.4. The molecule has 0 bridgehead atoms. The molecule has 3 aliphatic rings. The zero-order valence-electron chi connectivity index (χ0n) is 20.0. The molecule has 1 aliphatic carbocycles. The van der Waals surface area contributed by atoms with Crippen LogP contribution in [0, 0.1) is 5.92 Å². The molecule has 0 unspecified atom stereocenters. The molecule has 2 aliphatic heterocycles. The molecule has 2 saturated heterocycles. The van der Waals surface area contributed by atoms with Crippen molar-refractivity contribution in [3.63, 3.8) is 0 Å². The van der Waals surface area contributed by atoms with Crippen LogP contribution in [0.15, 0.2) is 17.2 Å². The van der Waals surface area contributed by atoms with E-state index in [-0.39, 0.29) is 35.1 Å². The number of ether oxygens (including phenoxy) is 1. The zero-order valence-corrected chi connectivity index (χ0v) is 20.0. The van der Waals surface area contributed by atoms with Crippen LogP contribution < -0.4 is 10.7 Å². The molecule has 1 N–H and O–H groups in total. The number of carbonyl (C=O) groups excluding carboxylic acids is 2. The summed E-state index contributed by atoms with van der Waals surface area (Å²) in [6.07, 6.45) is 14.9. The highest BCUT2D eigenvalue weighted by molar-refractivity contribution is 5.99. The lowest BCUT2D eigenvalue weighted by Crippen LogP contribution is -2.43. The number of aromatic nitrogens is 1. The van der Waals surface area contributed by atoms with Crippen molar-refractivity contribution in [2.45, 2.75) is 96.2 Å². The normalized spacial score (nSPS) is 23.2. The third kappa shape index (κ3) is 6.25. The maximum absolute atomic E-state index is 13.4. The highest BCUT2D eigenvalue weighted by Crippen LogP contribution is 2.20. The lowest BCUT2D eigenvalue weighted by Gasteiger charge is -2.30. The van der Waals surface area contributed by atoms with Crippen molar-refractivity contribution in [1.82, 2.24) is 14.8 Å². The van der Waals surface area contributed by atoms with Gasteiger partial charge in [0.1, 0.15) is 11.1 Å². The van der Waals surface area contributed by atoms with Gasteiger partial charge in [-0.2, -0.15) is 0 Å². The molecule has 182 valence electrons. The second-order valence-electron chi connectivity index (χ2n) is 10.2. The van der Waals surface area contributed by atoms with Crippen LogP contribution in [0.1, 0.15) is 98.3 Å². The number of piperidine rings is 1. The van der Waals surface area contributed by atoms with Gasteiger partial charge in [-0.25, -0.2) is 0 Å². The molecular weight excluding hydrogens is 418 g/mol. The molecule has 33 heavy (non-hydrogen) atoms. The average molecular weight is 458 g/mol. The molecule has 0 spiro atoms. The molecule has 4 rings (SSSR count). The summed E-state index contributed by atoms with van der Waals surface area (Å²) >= 11 is 0. The Bertz CT molecular complexity index is 874. The van der Waals surface area contributed by atoms with Crippen LogP contribution in [0.2, 0.25) is 0 Å². The van der Waals surface area contributed by atoms with Crippen LogP contribution in [-0.2, 0) is 11.3 Å². The fourth-order valence-corrected chi connectivity index (χ4v) is 5.32. The molecule has 7 nitrogen and oxygen atoms in total. The molecule has 1 atom stereocenters. The van der Waals surface area contributed by atoms with Gasteiger partial charge in [0.05, 0.1) is 6.10 Å². The van der Waals surface area contributed by atoms with Gasteiger partial charge in [0, 0.05) is 44.7 Å². The third-order valence-electron chi connectivity index (χ3n) is 7.50. The molecular formula is C26H39N3O4. The Kier molecular flexibility index (Phi) is 8.23. The fraction of sp³-hybridized carbons (Fsp3) is 0.731. The van der Waals surface area contributed by atoms with E-state index in [1.165, 1.54) is 19.3 Å². The number of hydrogen-bond donors (Lipinski definition) is 1. The van der Waals surface area contributed by atoms with Gasteiger partial charge in [0.15, 0.2) is 0 Å². The number of rotatable bonds is 5. The van der Waals surface area contributed by atoms with Gasteiger partial charge in [-0.15, -0.1) is 0 Å². The number of hydrogen-bond acceptors (Lipinski definition) is 4. The van der Waals surface area contributed by atoms with Gasteiger partial charge in [-0.1, -0.05) is 39.0 Å². The molecule has 3 fully saturated rings. The summed E-state index contributed by atoms with van der Waals surface area (Å²) in [7, 11) is 0. The van der Waals surface area contributed by atoms with Gasteiger partial charge >= 0.3 is 0 Å². The first-order valence-electron chi connectivity index (χ1n) is 13.0. The number of nitrogens with zero attached hydrogens (tertiary/aromatic N) is 2. The minimum Gasteiger partial charge on any atom is -0.376 e. The Morgan fingerprint density at radius 1 is 0.939 bits per heavy atom. The Hall–Kier alpha value is -2.15. The lowest BCUT2D eigenvalue weighted by atomic mass is 9.96. The predicted octanol–water partition coefficient (Wildman–Crippen LogP) is 3.74. The SMILES string of the molecule is CC1CCN(C(=O)c2cn(C[C@H]3CCCO3)cc(C(=O)NC3CCCCCCC3)c2=O)CC1. The number of carbonyl (C=O) groups is 2. The van der Waals surface area contributed by atoms with Crippen LogP contribution >= 0.6 is 0 Å². The van der Waals surface area contributed by atoms with Crippen molar-refractivity contribution in [3.8, 4) is 0 Å². The van der Waals surface area contributed by atoms with E-state index >= 15 is 0 Å². The lowest BCUT2D eigenvalue weighted by molar-refractivity contribution is 0.0693. The zero-order chi connectivity index (χ0) is 23.2. The van der Waals surface area contributed by atoms with E-state index in [4.69, 9.17) is 4.74 Å². The van der Waals surface area contributed by atoms with E-state index in [9.17, 15) is 14.4 Å². The number of likely N-dealkylation sites (tertiary alicyclic amines) is 1. The van der Waals surface area contributed by atoms with E-state index in [0.717, 1.165) is 58.0 Å². The highest BCUT2D eigenvalue weighted by Gasteiger charge is 2.27. The predicted molar refractivity (Wildman–Crippen MR) is 128 cm³/mol. The van der Waals surface area contributed by atoms with Crippen LogP contribution in [0.5, 0.6) is 0 Å². The quantitative estimate of drug-likeness (QED) is 0.730. The van der Waals surface area contributed by atoms with Crippen molar-refractivity contribution in [2.75, 3.05) is 19.7 Å². The monoisotopic (exact) mass is 457 g/mol. The van der Waals surface area contributed by atoms with Crippen molar-refractivity contribution in [2.24, 2.45) is 5.92 Å². The van der Waals surface area contributed by atoms with Crippen LogP contribution in [-0.4, -0.2) is 53.1 Å². The molecule has 7 heteroatoms. The Morgan fingerprint density at radius 3 is 2.27 bits per heavy atom. The number of nitrogens with one attached hydrogen (secondary N) is 1. The largest absolute Gasteiger partial charge is 0.376 e. The molecule has 1 aromatic rings. The van der Waals surface area contributed by atoms with Gasteiger partial charge in [0.25, 0.3) is 11.8 Å². The summed E-state index contributed by atoms with van der Waals surface area (Å²) in [4.78, 5) is 41.7. The van der Waals surface area contributed by atoms with Crippen LogP contribution in [0.4, 0.5) is 0 Å². The van der Waals surface area contributed by atoms with E-state index < -0.39 is 5.43 Å². The van der Waals surface area contributed by atoms with Crippen molar-refractivity contribution >= 4 is 11.8 Å². The number of pyridine rings is 1. The summed E-state index contributed by atoms with van der Waals surface area (Å²) in [6, 6.07) is 0.0896. The van der Waals surface area contributed by atoms with Gasteiger partial charge < -0.3 is 19.5 Å². The fourth-order valence-electron chi connectivity index (χ4n) is 5.32. The average Bonchev–Trinajstić information content (AvgIpc) is 3.29. The van der Waals surface area contributed by atoms with Gasteiger partial charge in [-0.3, -0.25) is 14.4 Å². The van der Waals surface area contributed by atoms with Crippen molar-refractivity contribution < 1.29 is 14.3 Å². The van der Waals surface area contributed by atoms with Crippen molar-refractivity contribution in [1.29, 1.82) is 0 Å². The molecule has 3 heterocycles.